The van der Waals surface area contributed by atoms with Crippen LogP contribution in [0, 0.1) is 30.5 Å². The van der Waals surface area contributed by atoms with E-state index in [1.54, 1.807) is 13.0 Å². The highest BCUT2D eigenvalue weighted by Crippen LogP contribution is 2.37. The van der Waals surface area contributed by atoms with E-state index in [2.05, 4.69) is 20.8 Å². The first kappa shape index (κ1) is 15.1. The molecule has 0 radical (unpaired) electrons. The van der Waals surface area contributed by atoms with E-state index in [4.69, 9.17) is 10.5 Å². The van der Waals surface area contributed by atoms with E-state index in [0.29, 0.717) is 34.8 Å². The van der Waals surface area contributed by atoms with E-state index in [9.17, 15) is 4.39 Å². The van der Waals surface area contributed by atoms with Crippen LogP contribution in [0.1, 0.15) is 45.6 Å². The maximum absolute atomic E-state index is 13.5. The summed E-state index contributed by atoms with van der Waals surface area (Å²) in [5.74, 6) is 2.19. The molecule has 2 rings (SSSR count). The molecular formula is C17H26FNO. The van der Waals surface area contributed by atoms with Crippen molar-refractivity contribution < 1.29 is 9.13 Å². The summed E-state index contributed by atoms with van der Waals surface area (Å²) in [5.41, 5.74) is 6.88. The average molecular weight is 279 g/mol. The predicted octanol–water partition coefficient (Wildman–Crippen LogP) is 4.56. The Morgan fingerprint density at radius 1 is 1.30 bits per heavy atom. The highest BCUT2D eigenvalue weighted by molar-refractivity contribution is 5.54. The molecule has 2 nitrogen and oxygen atoms in total. The molecule has 1 aliphatic rings. The number of benzene rings is 1. The van der Waals surface area contributed by atoms with E-state index in [1.807, 2.05) is 0 Å². The number of nitrogens with two attached hydrogens (primary N) is 1. The first-order valence-corrected chi connectivity index (χ1v) is 7.60. The third kappa shape index (κ3) is 3.25. The fourth-order valence-electron chi connectivity index (χ4n) is 3.19. The molecule has 112 valence electrons. The zero-order valence-electron chi connectivity index (χ0n) is 12.9. The first-order valence-electron chi connectivity index (χ1n) is 7.60. The maximum atomic E-state index is 13.5. The summed E-state index contributed by atoms with van der Waals surface area (Å²) in [7, 11) is 0. The third-order valence-corrected chi connectivity index (χ3v) is 4.53. The Bertz CT molecular complexity index is 472. The largest absolute Gasteiger partial charge is 0.488 e. The van der Waals surface area contributed by atoms with Crippen LogP contribution < -0.4 is 10.5 Å². The van der Waals surface area contributed by atoms with Gasteiger partial charge >= 0.3 is 0 Å². The Morgan fingerprint density at radius 3 is 2.65 bits per heavy atom. The van der Waals surface area contributed by atoms with Crippen molar-refractivity contribution in [3.05, 3.63) is 23.5 Å². The lowest BCUT2D eigenvalue weighted by atomic mass is 9.75. The Balaban J connectivity index is 2.20. The van der Waals surface area contributed by atoms with Gasteiger partial charge in [-0.05, 0) is 49.1 Å². The van der Waals surface area contributed by atoms with Gasteiger partial charge in [0.1, 0.15) is 17.7 Å². The summed E-state index contributed by atoms with van der Waals surface area (Å²) in [6.45, 7) is 8.50. The quantitative estimate of drug-likeness (QED) is 0.823. The highest BCUT2D eigenvalue weighted by Gasteiger charge is 2.32. The number of aryl methyl sites for hydroxylation is 1. The lowest BCUT2D eigenvalue weighted by molar-refractivity contribution is 0.0465. The van der Waals surface area contributed by atoms with Crippen LogP contribution >= 0.6 is 0 Å². The second-order valence-electron chi connectivity index (χ2n) is 6.62. The molecule has 0 saturated heterocycles. The Kier molecular flexibility index (Phi) is 4.56. The fraction of sp³-hybridized carbons (Fsp3) is 0.647. The summed E-state index contributed by atoms with van der Waals surface area (Å²) < 4.78 is 19.6. The molecule has 20 heavy (non-hydrogen) atoms. The minimum absolute atomic E-state index is 0.186. The van der Waals surface area contributed by atoms with Crippen molar-refractivity contribution in [2.75, 3.05) is 5.73 Å². The van der Waals surface area contributed by atoms with Gasteiger partial charge in [-0.15, -0.1) is 0 Å². The van der Waals surface area contributed by atoms with Gasteiger partial charge in [0.05, 0.1) is 5.69 Å². The Morgan fingerprint density at radius 2 is 2.00 bits per heavy atom. The number of halogens is 1. The summed E-state index contributed by atoms with van der Waals surface area (Å²) in [4.78, 5) is 0. The van der Waals surface area contributed by atoms with Gasteiger partial charge in [-0.2, -0.15) is 0 Å². The van der Waals surface area contributed by atoms with Crippen molar-refractivity contribution in [2.24, 2.45) is 17.8 Å². The molecule has 1 saturated carbocycles. The molecule has 0 aliphatic heterocycles. The predicted molar refractivity (Wildman–Crippen MR) is 81.3 cm³/mol. The molecule has 0 heterocycles. The van der Waals surface area contributed by atoms with Crippen LogP contribution in [0.2, 0.25) is 0 Å². The molecule has 3 atom stereocenters. The molecule has 3 heteroatoms. The van der Waals surface area contributed by atoms with Crippen LogP contribution in [0.5, 0.6) is 5.75 Å². The maximum Gasteiger partial charge on any atom is 0.143 e. The van der Waals surface area contributed by atoms with Crippen LogP contribution in [0.15, 0.2) is 12.1 Å². The topological polar surface area (TPSA) is 35.2 Å². The van der Waals surface area contributed by atoms with Gasteiger partial charge in [0.15, 0.2) is 0 Å². The summed E-state index contributed by atoms with van der Waals surface area (Å²) in [6, 6.07) is 3.09. The SMILES string of the molecule is Cc1cc(OC2CC(C)CCC2C(C)C)c(N)cc1F. The summed E-state index contributed by atoms with van der Waals surface area (Å²) >= 11 is 0. The number of rotatable bonds is 3. The minimum atomic E-state index is -0.271. The van der Waals surface area contributed by atoms with E-state index in [-0.39, 0.29) is 11.9 Å². The molecule has 0 bridgehead atoms. The van der Waals surface area contributed by atoms with E-state index >= 15 is 0 Å². The molecule has 3 unspecified atom stereocenters. The molecule has 1 aromatic rings. The first-order chi connectivity index (χ1) is 9.38. The van der Waals surface area contributed by atoms with Gasteiger partial charge in [-0.3, -0.25) is 0 Å². The van der Waals surface area contributed by atoms with Crippen LogP contribution in [0.3, 0.4) is 0 Å². The normalized spacial score (nSPS) is 26.8. The van der Waals surface area contributed by atoms with E-state index < -0.39 is 0 Å². The molecule has 2 N–H and O–H groups in total. The van der Waals surface area contributed by atoms with Gasteiger partial charge in [0.2, 0.25) is 0 Å². The summed E-state index contributed by atoms with van der Waals surface area (Å²) in [5, 5.41) is 0. The lowest BCUT2D eigenvalue weighted by Gasteiger charge is -2.37. The van der Waals surface area contributed by atoms with Gasteiger partial charge in [-0.1, -0.05) is 27.2 Å². The van der Waals surface area contributed by atoms with Crippen molar-refractivity contribution in [3.8, 4) is 5.75 Å². The van der Waals surface area contributed by atoms with Crippen LogP contribution in [0.25, 0.3) is 0 Å². The van der Waals surface area contributed by atoms with Crippen molar-refractivity contribution in [3.63, 3.8) is 0 Å². The van der Waals surface area contributed by atoms with Crippen LogP contribution in [0.4, 0.5) is 10.1 Å². The summed E-state index contributed by atoms with van der Waals surface area (Å²) in [6.07, 6.45) is 3.70. The molecule has 0 aromatic heterocycles. The van der Waals surface area contributed by atoms with E-state index in [0.717, 1.165) is 6.42 Å². The van der Waals surface area contributed by atoms with Gasteiger partial charge in [0.25, 0.3) is 0 Å². The van der Waals surface area contributed by atoms with Crippen molar-refractivity contribution in [1.82, 2.24) is 0 Å². The second kappa shape index (κ2) is 6.02. The smallest absolute Gasteiger partial charge is 0.143 e. The lowest BCUT2D eigenvalue weighted by Crippen LogP contribution is -2.36. The molecule has 0 amide bonds. The van der Waals surface area contributed by atoms with Gasteiger partial charge in [0, 0.05) is 6.07 Å². The number of nitrogen functional groups attached to an aromatic ring is 1. The second-order valence-corrected chi connectivity index (χ2v) is 6.62. The molecule has 1 aromatic carbocycles. The minimum Gasteiger partial charge on any atom is -0.488 e. The number of anilines is 1. The zero-order valence-corrected chi connectivity index (χ0v) is 12.9. The molecule has 1 fully saturated rings. The fourth-order valence-corrected chi connectivity index (χ4v) is 3.19. The standard InChI is InChI=1S/C17H26FNO/c1-10(2)13-6-5-11(3)7-16(13)20-17-8-12(4)14(18)9-15(17)19/h8-11,13,16H,5-7,19H2,1-4H3. The van der Waals surface area contributed by atoms with Gasteiger partial charge < -0.3 is 10.5 Å². The van der Waals surface area contributed by atoms with Crippen LogP contribution in [-0.4, -0.2) is 6.10 Å². The van der Waals surface area contributed by atoms with Gasteiger partial charge in [-0.25, -0.2) is 4.39 Å². The molecule has 0 spiro atoms. The average Bonchev–Trinajstić information content (AvgIpc) is 2.35. The molecular weight excluding hydrogens is 253 g/mol. The Labute approximate surface area is 121 Å². The highest BCUT2D eigenvalue weighted by atomic mass is 19.1. The van der Waals surface area contributed by atoms with Crippen molar-refractivity contribution >= 4 is 5.69 Å². The number of hydrogen-bond acceptors (Lipinski definition) is 2. The Hall–Kier alpha value is -1.25. The van der Waals surface area contributed by atoms with Crippen molar-refractivity contribution in [1.29, 1.82) is 0 Å². The number of hydrogen-bond donors (Lipinski definition) is 1. The number of ether oxygens (including phenoxy) is 1. The molecule has 1 aliphatic carbocycles. The van der Waals surface area contributed by atoms with E-state index in [1.165, 1.54) is 18.9 Å². The van der Waals surface area contributed by atoms with Crippen molar-refractivity contribution in [2.45, 2.75) is 53.1 Å². The zero-order chi connectivity index (χ0) is 14.9. The van der Waals surface area contributed by atoms with Crippen LogP contribution in [-0.2, 0) is 0 Å². The monoisotopic (exact) mass is 279 g/mol. The third-order valence-electron chi connectivity index (χ3n) is 4.53.